The molecule has 0 spiro atoms. The summed E-state index contributed by atoms with van der Waals surface area (Å²) in [6.07, 6.45) is 5.16. The van der Waals surface area contributed by atoms with Crippen LogP contribution in [0.2, 0.25) is 0 Å². The number of nitrogens with zero attached hydrogens (tertiary/aromatic N) is 2. The number of unbranched alkanes of at least 4 members (excludes halogenated alkanes) is 4. The lowest BCUT2D eigenvalue weighted by atomic mass is 9.62. The first-order valence-corrected chi connectivity index (χ1v) is 22.0. The van der Waals surface area contributed by atoms with Crippen LogP contribution in [-0.4, -0.2) is 131 Å². The van der Waals surface area contributed by atoms with Crippen LogP contribution in [0.3, 0.4) is 0 Å². The van der Waals surface area contributed by atoms with Crippen LogP contribution in [0, 0.1) is 5.41 Å². The van der Waals surface area contributed by atoms with Crippen molar-refractivity contribution in [1.29, 1.82) is 0 Å². The van der Waals surface area contributed by atoms with Crippen LogP contribution >= 0.6 is 0 Å². The van der Waals surface area contributed by atoms with E-state index in [1.807, 2.05) is 24.3 Å². The zero-order valence-electron chi connectivity index (χ0n) is 37.1. The smallest absolute Gasteiger partial charge is 0.327 e. The number of nitrogens with one attached hydrogen (secondary N) is 2. The van der Waals surface area contributed by atoms with Gasteiger partial charge >= 0.3 is 11.9 Å². The van der Waals surface area contributed by atoms with E-state index in [4.69, 9.17) is 23.8 Å². The van der Waals surface area contributed by atoms with Crippen molar-refractivity contribution in [2.24, 2.45) is 5.41 Å². The highest BCUT2D eigenvalue weighted by molar-refractivity contribution is 5.96. The number of hydroxylamine groups is 2. The van der Waals surface area contributed by atoms with Crippen LogP contribution in [0.15, 0.2) is 30.3 Å². The lowest BCUT2D eigenvalue weighted by Gasteiger charge is -2.49. The quantitative estimate of drug-likeness (QED) is 0.0793. The van der Waals surface area contributed by atoms with Gasteiger partial charge in [0.25, 0.3) is 0 Å². The number of hydrogen-bond acceptors (Lipinski definition) is 13. The molecular formula is C45H68N4O12. The molecule has 2 unspecified atom stereocenters. The molecule has 1 aromatic rings. The Morgan fingerprint density at radius 3 is 2.21 bits per heavy atom. The van der Waals surface area contributed by atoms with Crippen molar-refractivity contribution in [3.8, 4) is 0 Å². The maximum absolute atomic E-state index is 15.1. The van der Waals surface area contributed by atoms with E-state index in [1.165, 1.54) is 23.0 Å². The summed E-state index contributed by atoms with van der Waals surface area (Å²) in [7, 11) is 3.34. The van der Waals surface area contributed by atoms with Crippen LogP contribution in [0.25, 0.3) is 6.08 Å². The number of aliphatic hydroxyl groups excluding tert-OH is 2. The van der Waals surface area contributed by atoms with Crippen molar-refractivity contribution in [1.82, 2.24) is 20.6 Å². The first-order valence-electron chi connectivity index (χ1n) is 22.0. The number of aliphatic hydroxyl groups is 2. The third kappa shape index (κ3) is 11.4. The maximum Gasteiger partial charge on any atom is 0.327 e. The van der Waals surface area contributed by atoms with Crippen LogP contribution in [0.1, 0.15) is 123 Å². The molecular weight excluding hydrogens is 789 g/mol. The van der Waals surface area contributed by atoms with Gasteiger partial charge in [-0.25, -0.2) is 0 Å². The van der Waals surface area contributed by atoms with Gasteiger partial charge in [0.2, 0.25) is 17.7 Å². The van der Waals surface area contributed by atoms with E-state index < -0.39 is 95.8 Å². The Kier molecular flexibility index (Phi) is 16.2. The lowest BCUT2D eigenvalue weighted by molar-refractivity contribution is -0.224. The summed E-state index contributed by atoms with van der Waals surface area (Å²) >= 11 is 0. The molecule has 3 aliphatic heterocycles. The number of benzene rings is 1. The molecule has 1 aromatic carbocycles. The molecule has 16 nitrogen and oxygen atoms in total. The van der Waals surface area contributed by atoms with E-state index in [0.717, 1.165) is 49.7 Å². The lowest BCUT2D eigenvalue weighted by Crippen LogP contribution is -2.71. The van der Waals surface area contributed by atoms with Crippen LogP contribution < -0.4 is 10.6 Å². The second kappa shape index (κ2) is 20.5. The Bertz CT molecular complexity index is 1720. The van der Waals surface area contributed by atoms with Gasteiger partial charge in [0.1, 0.15) is 41.5 Å². The Morgan fingerprint density at radius 2 is 1.64 bits per heavy atom. The maximum atomic E-state index is 15.1. The van der Waals surface area contributed by atoms with Gasteiger partial charge < -0.3 is 44.7 Å². The highest BCUT2D eigenvalue weighted by Crippen LogP contribution is 2.58. The minimum Gasteiger partial charge on any atom is -0.460 e. The van der Waals surface area contributed by atoms with Gasteiger partial charge in [-0.05, 0) is 64.2 Å². The minimum absolute atomic E-state index is 0.00781. The van der Waals surface area contributed by atoms with Crippen molar-refractivity contribution in [2.45, 2.75) is 179 Å². The number of amides is 3. The Labute approximate surface area is 359 Å². The first kappa shape index (κ1) is 48.1. The second-order valence-corrected chi connectivity index (χ2v) is 18.2. The number of esters is 2. The topological polar surface area (TPSA) is 202 Å². The fourth-order valence-corrected chi connectivity index (χ4v) is 8.79. The van der Waals surface area contributed by atoms with Crippen molar-refractivity contribution >= 4 is 35.7 Å². The summed E-state index contributed by atoms with van der Waals surface area (Å²) in [6, 6.07) is 3.69. The van der Waals surface area contributed by atoms with Gasteiger partial charge in [0, 0.05) is 45.9 Å². The normalized spacial score (nSPS) is 26.9. The van der Waals surface area contributed by atoms with Crippen LogP contribution in [-0.2, 0) is 54.3 Å². The largest absolute Gasteiger partial charge is 0.460 e. The number of ether oxygens (including phenoxy) is 4. The monoisotopic (exact) mass is 856 g/mol. The molecule has 16 heteroatoms. The summed E-state index contributed by atoms with van der Waals surface area (Å²) in [6.45, 7) is 10.4. The van der Waals surface area contributed by atoms with Crippen LogP contribution in [0.4, 0.5) is 0 Å². The van der Waals surface area contributed by atoms with E-state index >= 15 is 4.79 Å². The summed E-state index contributed by atoms with van der Waals surface area (Å²) in [5, 5.41) is 28.0. The average Bonchev–Trinajstić information content (AvgIpc) is 3.75. The van der Waals surface area contributed by atoms with Gasteiger partial charge in [0.15, 0.2) is 11.8 Å². The van der Waals surface area contributed by atoms with Crippen molar-refractivity contribution in [3.63, 3.8) is 0 Å². The molecule has 9 atom stereocenters. The van der Waals surface area contributed by atoms with Gasteiger partial charge in [-0.15, -0.1) is 0 Å². The standard InChI is InChI=1S/C45H68N4O12/c1-9-11-13-23-44(24-14-12-10-2)59-36-32-25-45(42(56)47-35(28(3)51)40(54)46-31(27-50)20-22-34(53)58-43(4,5)6)38(41(55)57-32)49(61-39(45)37(36)60-44)26-30-17-15-29(16-18-30)19-21-33(52)48(7)8/h15-19,21,28,31-32,35-39,50-51H,9-14,20,22-27H2,1-8H3,(H,46,54)(H,47,56)/t28-,31-,32?,35+,36-,37-,38-,39+,45?/m0/s1. The average molecular weight is 857 g/mol. The van der Waals surface area contributed by atoms with Crippen molar-refractivity contribution in [2.75, 3.05) is 20.7 Å². The molecule has 1 aliphatic carbocycles. The number of carbonyl (C=O) groups is 5. The predicted octanol–water partition coefficient (Wildman–Crippen LogP) is 3.69. The molecule has 1 saturated carbocycles. The molecule has 2 bridgehead atoms. The molecule has 4 aliphatic rings. The number of hydrogen-bond donors (Lipinski definition) is 4. The summed E-state index contributed by atoms with van der Waals surface area (Å²) in [4.78, 5) is 75.9. The van der Waals surface area contributed by atoms with Gasteiger partial charge in [-0.2, -0.15) is 5.06 Å². The molecule has 3 heterocycles. The number of fused-ring (bicyclic) bond motifs is 4. The van der Waals surface area contributed by atoms with Crippen LogP contribution in [0.5, 0.6) is 0 Å². The highest BCUT2D eigenvalue weighted by Gasteiger charge is 2.76. The SMILES string of the molecule is CCCCCC1(CCCCC)O[C@@H]2[C@H]3ON(Cc4ccc(C=CC(=O)N(C)C)cc4)[C@H]4C(=O)OC(CC34C(=O)N[C@@H](C(=O)N[C@H](CO)CCC(=O)OC(C)(C)C)[C@H](C)O)[C@@H]2O1. The zero-order chi connectivity index (χ0) is 44.7. The Hall–Kier alpha value is -3.93. The third-order valence-corrected chi connectivity index (χ3v) is 11.9. The molecule has 0 aromatic heterocycles. The fraction of sp³-hybridized carbons (Fsp3) is 0.711. The van der Waals surface area contributed by atoms with E-state index in [1.54, 1.807) is 40.9 Å². The molecule has 4 N–H and O–H groups in total. The highest BCUT2D eigenvalue weighted by atomic mass is 16.8. The van der Waals surface area contributed by atoms with Gasteiger partial charge in [-0.3, -0.25) is 28.8 Å². The van der Waals surface area contributed by atoms with Gasteiger partial charge in [-0.1, -0.05) is 63.8 Å². The second-order valence-electron chi connectivity index (χ2n) is 18.2. The molecule has 61 heavy (non-hydrogen) atoms. The molecule has 3 amide bonds. The first-order chi connectivity index (χ1) is 28.9. The summed E-state index contributed by atoms with van der Waals surface area (Å²) in [5.41, 5.74) is -0.820. The van der Waals surface area contributed by atoms with E-state index in [9.17, 15) is 29.4 Å². The Balaban J connectivity index is 1.45. The number of rotatable bonds is 21. The van der Waals surface area contributed by atoms with Gasteiger partial charge in [0.05, 0.1) is 25.3 Å². The summed E-state index contributed by atoms with van der Waals surface area (Å²) < 4.78 is 25.3. The van der Waals surface area contributed by atoms with E-state index in [0.29, 0.717) is 12.8 Å². The predicted molar refractivity (Wildman–Crippen MR) is 224 cm³/mol. The molecule has 4 fully saturated rings. The fourth-order valence-electron chi connectivity index (χ4n) is 8.79. The van der Waals surface area contributed by atoms with E-state index in [2.05, 4.69) is 24.5 Å². The molecule has 340 valence electrons. The van der Waals surface area contributed by atoms with Crippen molar-refractivity contribution in [3.05, 3.63) is 41.5 Å². The molecule has 3 saturated heterocycles. The minimum atomic E-state index is -1.64. The van der Waals surface area contributed by atoms with E-state index in [-0.39, 0.29) is 31.7 Å². The summed E-state index contributed by atoms with van der Waals surface area (Å²) in [5.74, 6) is -3.82. The third-order valence-electron chi connectivity index (χ3n) is 11.9. The molecule has 0 radical (unpaired) electrons. The van der Waals surface area contributed by atoms with Crippen molar-refractivity contribution < 1.29 is 58.0 Å². The zero-order valence-corrected chi connectivity index (χ0v) is 37.1. The molecule has 5 rings (SSSR count). The Morgan fingerprint density at radius 1 is 1.00 bits per heavy atom. The number of likely N-dealkylation sites (N-methyl/N-ethyl adjacent to an activating group) is 1. The number of carbonyl (C=O) groups excluding carboxylic acids is 5.